The van der Waals surface area contributed by atoms with Crippen LogP contribution in [0.3, 0.4) is 0 Å². The van der Waals surface area contributed by atoms with Crippen LogP contribution in [0.4, 0.5) is 0 Å². The van der Waals surface area contributed by atoms with Gasteiger partial charge in [-0.1, -0.05) is 0 Å². The van der Waals surface area contributed by atoms with Crippen LogP contribution in [0.25, 0.3) is 0 Å². The quantitative estimate of drug-likeness (QED) is 0.719. The lowest BCUT2D eigenvalue weighted by molar-refractivity contribution is -0.120. The second-order valence-electron chi connectivity index (χ2n) is 3.52. The van der Waals surface area contributed by atoms with E-state index in [1.54, 1.807) is 18.6 Å². The first kappa shape index (κ1) is 11.6. The summed E-state index contributed by atoms with van der Waals surface area (Å²) in [5.74, 6) is -0.00566. The zero-order chi connectivity index (χ0) is 11.1. The van der Waals surface area contributed by atoms with Crippen molar-refractivity contribution >= 4 is 5.91 Å². The van der Waals surface area contributed by atoms with Crippen LogP contribution in [0.5, 0.6) is 0 Å². The van der Waals surface area contributed by atoms with Crippen molar-refractivity contribution in [3.63, 3.8) is 0 Å². The third-order valence-electron chi connectivity index (χ3n) is 1.66. The molecule has 1 rings (SSSR count). The Morgan fingerprint density at radius 3 is 2.87 bits per heavy atom. The fraction of sp³-hybridized carbons (Fsp3) is 0.500. The highest BCUT2D eigenvalue weighted by Gasteiger charge is 2.02. The Morgan fingerprint density at radius 1 is 1.47 bits per heavy atom. The van der Waals surface area contributed by atoms with E-state index >= 15 is 0 Å². The Morgan fingerprint density at radius 2 is 2.27 bits per heavy atom. The van der Waals surface area contributed by atoms with Crippen LogP contribution in [0.15, 0.2) is 18.6 Å². The Hall–Kier alpha value is -1.49. The van der Waals surface area contributed by atoms with Gasteiger partial charge in [0, 0.05) is 31.2 Å². The van der Waals surface area contributed by atoms with Crippen LogP contribution in [0.1, 0.15) is 19.5 Å². The highest BCUT2D eigenvalue weighted by molar-refractivity contribution is 5.78. The van der Waals surface area contributed by atoms with E-state index in [-0.39, 0.29) is 11.9 Å². The number of hydrogen-bond donors (Lipinski definition) is 2. The van der Waals surface area contributed by atoms with E-state index < -0.39 is 0 Å². The molecular formula is C10H16N4O. The maximum Gasteiger partial charge on any atom is 0.234 e. The molecule has 1 aromatic rings. The predicted octanol–water partition coefficient (Wildman–Crippen LogP) is 0.0908. The number of nitrogens with one attached hydrogen (secondary N) is 2. The largest absolute Gasteiger partial charge is 0.353 e. The zero-order valence-corrected chi connectivity index (χ0v) is 9.03. The van der Waals surface area contributed by atoms with Gasteiger partial charge in [-0.25, -0.2) is 0 Å². The molecule has 1 amide bonds. The molecule has 2 N–H and O–H groups in total. The summed E-state index contributed by atoms with van der Waals surface area (Å²) in [5.41, 5.74) is 0.829. The summed E-state index contributed by atoms with van der Waals surface area (Å²) in [6.07, 6.45) is 4.92. The molecule has 0 aromatic carbocycles. The standard InChI is InChI=1S/C10H16N4O/c1-8(2)14-10(15)7-12-6-9-5-11-3-4-13-9/h3-5,8,12H,6-7H2,1-2H3,(H,14,15). The van der Waals surface area contributed by atoms with E-state index in [4.69, 9.17) is 0 Å². The van der Waals surface area contributed by atoms with Crippen molar-refractivity contribution in [3.05, 3.63) is 24.3 Å². The summed E-state index contributed by atoms with van der Waals surface area (Å²) in [5, 5.41) is 5.78. The summed E-state index contributed by atoms with van der Waals surface area (Å²) in [6.45, 7) is 4.72. The Kier molecular flexibility index (Phi) is 4.70. The summed E-state index contributed by atoms with van der Waals surface area (Å²) >= 11 is 0. The smallest absolute Gasteiger partial charge is 0.234 e. The van der Waals surface area contributed by atoms with Crippen molar-refractivity contribution in [1.29, 1.82) is 0 Å². The van der Waals surface area contributed by atoms with Gasteiger partial charge in [0.15, 0.2) is 0 Å². The Balaban J connectivity index is 2.19. The summed E-state index contributed by atoms with van der Waals surface area (Å²) in [6, 6.07) is 0.177. The average molecular weight is 208 g/mol. The van der Waals surface area contributed by atoms with Crippen LogP contribution in [0, 0.1) is 0 Å². The summed E-state index contributed by atoms with van der Waals surface area (Å²) < 4.78 is 0. The van der Waals surface area contributed by atoms with Crippen LogP contribution in [0.2, 0.25) is 0 Å². The van der Waals surface area contributed by atoms with Gasteiger partial charge in [0.2, 0.25) is 5.91 Å². The maximum absolute atomic E-state index is 11.2. The molecule has 0 atom stereocenters. The monoisotopic (exact) mass is 208 g/mol. The first-order valence-corrected chi connectivity index (χ1v) is 4.93. The van der Waals surface area contributed by atoms with Crippen molar-refractivity contribution in [2.75, 3.05) is 6.54 Å². The van der Waals surface area contributed by atoms with E-state index in [0.717, 1.165) is 5.69 Å². The van der Waals surface area contributed by atoms with Crippen LogP contribution in [-0.2, 0) is 11.3 Å². The van der Waals surface area contributed by atoms with Crippen molar-refractivity contribution in [1.82, 2.24) is 20.6 Å². The number of carbonyl (C=O) groups excluding carboxylic acids is 1. The third kappa shape index (κ3) is 5.07. The van der Waals surface area contributed by atoms with Gasteiger partial charge in [0.05, 0.1) is 12.2 Å². The minimum Gasteiger partial charge on any atom is -0.353 e. The van der Waals surface area contributed by atoms with Crippen LogP contribution < -0.4 is 10.6 Å². The molecule has 1 heterocycles. The molecular weight excluding hydrogens is 192 g/mol. The zero-order valence-electron chi connectivity index (χ0n) is 9.03. The van der Waals surface area contributed by atoms with Gasteiger partial charge in [-0.15, -0.1) is 0 Å². The van der Waals surface area contributed by atoms with Gasteiger partial charge in [-0.2, -0.15) is 0 Å². The first-order valence-electron chi connectivity index (χ1n) is 4.93. The third-order valence-corrected chi connectivity index (χ3v) is 1.66. The Bertz CT molecular complexity index is 300. The van der Waals surface area contributed by atoms with Crippen molar-refractivity contribution in [2.45, 2.75) is 26.4 Å². The molecule has 0 radical (unpaired) electrons. The fourth-order valence-corrected chi connectivity index (χ4v) is 1.10. The van der Waals surface area contributed by atoms with Gasteiger partial charge in [-0.3, -0.25) is 14.8 Å². The molecule has 0 bridgehead atoms. The SMILES string of the molecule is CC(C)NC(=O)CNCc1cnccn1. The van der Waals surface area contributed by atoms with E-state index in [1.165, 1.54) is 0 Å². The maximum atomic E-state index is 11.2. The minimum absolute atomic E-state index is 0.00566. The van der Waals surface area contributed by atoms with Gasteiger partial charge in [0.1, 0.15) is 0 Å². The van der Waals surface area contributed by atoms with E-state index in [9.17, 15) is 4.79 Å². The minimum atomic E-state index is -0.00566. The molecule has 5 heteroatoms. The highest BCUT2D eigenvalue weighted by Crippen LogP contribution is 1.87. The molecule has 1 aromatic heterocycles. The topological polar surface area (TPSA) is 66.9 Å². The Labute approximate surface area is 89.3 Å². The van der Waals surface area contributed by atoms with Crippen LogP contribution in [-0.4, -0.2) is 28.5 Å². The van der Waals surface area contributed by atoms with Gasteiger partial charge in [-0.05, 0) is 13.8 Å². The predicted molar refractivity (Wildman–Crippen MR) is 57.0 cm³/mol. The number of aromatic nitrogens is 2. The van der Waals surface area contributed by atoms with E-state index in [2.05, 4.69) is 20.6 Å². The molecule has 82 valence electrons. The first-order chi connectivity index (χ1) is 7.18. The van der Waals surface area contributed by atoms with Crippen molar-refractivity contribution in [3.8, 4) is 0 Å². The molecule has 0 fully saturated rings. The lowest BCUT2D eigenvalue weighted by atomic mass is 10.4. The molecule has 0 saturated heterocycles. The molecule has 0 aliphatic rings. The average Bonchev–Trinajstić information content (AvgIpc) is 2.18. The molecule has 5 nitrogen and oxygen atoms in total. The second kappa shape index (κ2) is 6.08. The van der Waals surface area contributed by atoms with Crippen molar-refractivity contribution in [2.24, 2.45) is 0 Å². The number of carbonyl (C=O) groups is 1. The normalized spacial score (nSPS) is 10.3. The second-order valence-corrected chi connectivity index (χ2v) is 3.52. The highest BCUT2D eigenvalue weighted by atomic mass is 16.1. The molecule has 0 saturated carbocycles. The van der Waals surface area contributed by atoms with Gasteiger partial charge < -0.3 is 10.6 Å². The lowest BCUT2D eigenvalue weighted by Crippen LogP contribution is -2.37. The summed E-state index contributed by atoms with van der Waals surface area (Å²) in [7, 11) is 0. The number of amides is 1. The number of nitrogens with zero attached hydrogens (tertiary/aromatic N) is 2. The van der Waals surface area contributed by atoms with Crippen molar-refractivity contribution < 1.29 is 4.79 Å². The molecule has 0 aliphatic heterocycles. The summed E-state index contributed by atoms with van der Waals surface area (Å²) in [4.78, 5) is 19.2. The number of hydrogen-bond acceptors (Lipinski definition) is 4. The van der Waals surface area contributed by atoms with E-state index in [0.29, 0.717) is 13.1 Å². The molecule has 0 aliphatic carbocycles. The van der Waals surface area contributed by atoms with E-state index in [1.807, 2.05) is 13.8 Å². The fourth-order valence-electron chi connectivity index (χ4n) is 1.10. The van der Waals surface area contributed by atoms with Gasteiger partial charge >= 0.3 is 0 Å². The van der Waals surface area contributed by atoms with Gasteiger partial charge in [0.25, 0.3) is 0 Å². The number of rotatable bonds is 5. The molecule has 0 spiro atoms. The molecule has 0 unspecified atom stereocenters. The lowest BCUT2D eigenvalue weighted by Gasteiger charge is -2.08. The molecule has 15 heavy (non-hydrogen) atoms. The van der Waals surface area contributed by atoms with Crippen LogP contribution >= 0.6 is 0 Å².